The van der Waals surface area contributed by atoms with Crippen LogP contribution in [0.1, 0.15) is 28.4 Å². The molecule has 0 bridgehead atoms. The number of hydrogen-bond donors (Lipinski definition) is 0. The van der Waals surface area contributed by atoms with E-state index in [0.717, 1.165) is 35.5 Å². The Morgan fingerprint density at radius 2 is 1.57 bits per heavy atom. The van der Waals surface area contributed by atoms with Crippen LogP contribution in [0.5, 0.6) is 11.5 Å². The van der Waals surface area contributed by atoms with Crippen molar-refractivity contribution < 1.29 is 14.3 Å². The summed E-state index contributed by atoms with van der Waals surface area (Å²) in [6.45, 7) is 1.59. The van der Waals surface area contributed by atoms with Gasteiger partial charge in [0.05, 0.1) is 14.2 Å². The van der Waals surface area contributed by atoms with E-state index in [-0.39, 0.29) is 5.78 Å². The van der Waals surface area contributed by atoms with Gasteiger partial charge in [0, 0.05) is 5.56 Å². The molecule has 0 N–H and O–H groups in total. The molecule has 0 aliphatic rings. The predicted molar refractivity (Wildman–Crippen MR) is 83.4 cm³/mol. The Hall–Kier alpha value is -2.29. The molecule has 0 aliphatic carbocycles. The van der Waals surface area contributed by atoms with Gasteiger partial charge in [0.1, 0.15) is 0 Å². The Balaban J connectivity index is 2.09. The topological polar surface area (TPSA) is 35.5 Å². The van der Waals surface area contributed by atoms with Crippen molar-refractivity contribution in [3.05, 3.63) is 59.2 Å². The average molecular weight is 284 g/mol. The quantitative estimate of drug-likeness (QED) is 0.759. The first-order valence-corrected chi connectivity index (χ1v) is 6.95. The fourth-order valence-electron chi connectivity index (χ4n) is 2.27. The van der Waals surface area contributed by atoms with Crippen LogP contribution >= 0.6 is 0 Å². The van der Waals surface area contributed by atoms with Crippen LogP contribution in [-0.2, 0) is 12.8 Å². The molecule has 0 atom stereocenters. The standard InChI is InChI=1S/C18H20O3/c1-13(19)16-6-4-5-14(11-16)7-8-15-9-10-17(20-2)18(12-15)21-3/h4-6,9-12H,7-8H2,1-3H3. The lowest BCUT2D eigenvalue weighted by molar-refractivity contribution is 0.101. The van der Waals surface area contributed by atoms with Crippen LogP contribution in [0.25, 0.3) is 0 Å². The number of benzene rings is 2. The summed E-state index contributed by atoms with van der Waals surface area (Å²) in [6, 6.07) is 13.7. The summed E-state index contributed by atoms with van der Waals surface area (Å²) >= 11 is 0. The molecule has 0 heterocycles. The summed E-state index contributed by atoms with van der Waals surface area (Å²) in [4.78, 5) is 11.4. The third-order valence-electron chi connectivity index (χ3n) is 3.48. The highest BCUT2D eigenvalue weighted by Gasteiger charge is 2.05. The van der Waals surface area contributed by atoms with Crippen molar-refractivity contribution in [2.45, 2.75) is 19.8 Å². The molecular formula is C18H20O3. The van der Waals surface area contributed by atoms with Gasteiger partial charge >= 0.3 is 0 Å². The minimum atomic E-state index is 0.1000. The Bertz CT molecular complexity index is 632. The summed E-state index contributed by atoms with van der Waals surface area (Å²) in [5.41, 5.74) is 3.11. The number of aryl methyl sites for hydroxylation is 2. The summed E-state index contributed by atoms with van der Waals surface area (Å²) in [5, 5.41) is 0. The Labute approximate surface area is 125 Å². The van der Waals surface area contributed by atoms with E-state index in [1.807, 2.05) is 42.5 Å². The first-order chi connectivity index (χ1) is 10.1. The molecular weight excluding hydrogens is 264 g/mol. The fourth-order valence-corrected chi connectivity index (χ4v) is 2.27. The van der Waals surface area contributed by atoms with Gasteiger partial charge in [0.25, 0.3) is 0 Å². The van der Waals surface area contributed by atoms with Gasteiger partial charge in [-0.15, -0.1) is 0 Å². The molecule has 21 heavy (non-hydrogen) atoms. The summed E-state index contributed by atoms with van der Waals surface area (Å²) in [5.74, 6) is 1.58. The third kappa shape index (κ3) is 3.85. The molecule has 2 rings (SSSR count). The second kappa shape index (κ2) is 6.93. The first kappa shape index (κ1) is 15.1. The van der Waals surface area contributed by atoms with Crippen LogP contribution in [0.4, 0.5) is 0 Å². The van der Waals surface area contributed by atoms with E-state index in [4.69, 9.17) is 9.47 Å². The van der Waals surface area contributed by atoms with Crippen molar-refractivity contribution in [3.63, 3.8) is 0 Å². The number of carbonyl (C=O) groups is 1. The van der Waals surface area contributed by atoms with Gasteiger partial charge < -0.3 is 9.47 Å². The zero-order chi connectivity index (χ0) is 15.2. The zero-order valence-electron chi connectivity index (χ0n) is 12.7. The van der Waals surface area contributed by atoms with Gasteiger partial charge in [0.2, 0.25) is 0 Å². The molecule has 0 aliphatic heterocycles. The molecule has 0 radical (unpaired) electrons. The van der Waals surface area contributed by atoms with Crippen molar-refractivity contribution in [1.82, 2.24) is 0 Å². The molecule has 0 spiro atoms. The van der Waals surface area contributed by atoms with E-state index in [0.29, 0.717) is 0 Å². The molecule has 0 amide bonds. The SMILES string of the molecule is COc1ccc(CCc2cccc(C(C)=O)c2)cc1OC. The normalized spacial score (nSPS) is 10.2. The Morgan fingerprint density at radius 3 is 2.19 bits per heavy atom. The lowest BCUT2D eigenvalue weighted by Crippen LogP contribution is -1.97. The minimum Gasteiger partial charge on any atom is -0.493 e. The number of hydrogen-bond acceptors (Lipinski definition) is 3. The number of methoxy groups -OCH3 is 2. The van der Waals surface area contributed by atoms with Crippen LogP contribution in [0.15, 0.2) is 42.5 Å². The number of carbonyl (C=O) groups excluding carboxylic acids is 1. The van der Waals surface area contributed by atoms with E-state index in [9.17, 15) is 4.79 Å². The maximum atomic E-state index is 11.4. The van der Waals surface area contributed by atoms with Crippen molar-refractivity contribution in [1.29, 1.82) is 0 Å². The second-order valence-electron chi connectivity index (χ2n) is 4.95. The van der Waals surface area contributed by atoms with Crippen LogP contribution < -0.4 is 9.47 Å². The molecule has 3 nitrogen and oxygen atoms in total. The zero-order valence-corrected chi connectivity index (χ0v) is 12.7. The van der Waals surface area contributed by atoms with Crippen molar-refractivity contribution in [2.24, 2.45) is 0 Å². The summed E-state index contributed by atoms with van der Waals surface area (Å²) in [7, 11) is 3.27. The maximum Gasteiger partial charge on any atom is 0.160 e. The highest BCUT2D eigenvalue weighted by atomic mass is 16.5. The van der Waals surface area contributed by atoms with E-state index in [2.05, 4.69) is 0 Å². The second-order valence-corrected chi connectivity index (χ2v) is 4.95. The number of rotatable bonds is 6. The van der Waals surface area contributed by atoms with Gasteiger partial charge in [-0.3, -0.25) is 4.79 Å². The van der Waals surface area contributed by atoms with E-state index in [1.54, 1.807) is 21.1 Å². The fraction of sp³-hybridized carbons (Fsp3) is 0.278. The van der Waals surface area contributed by atoms with E-state index in [1.165, 1.54) is 5.56 Å². The van der Waals surface area contributed by atoms with E-state index < -0.39 is 0 Å². The smallest absolute Gasteiger partial charge is 0.160 e. The van der Waals surface area contributed by atoms with Crippen LogP contribution in [-0.4, -0.2) is 20.0 Å². The summed E-state index contributed by atoms with van der Waals surface area (Å²) < 4.78 is 10.5. The molecule has 110 valence electrons. The van der Waals surface area contributed by atoms with Gasteiger partial charge in [-0.05, 0) is 49.1 Å². The first-order valence-electron chi connectivity index (χ1n) is 6.95. The van der Waals surface area contributed by atoms with Gasteiger partial charge in [-0.25, -0.2) is 0 Å². The highest BCUT2D eigenvalue weighted by molar-refractivity contribution is 5.94. The largest absolute Gasteiger partial charge is 0.493 e. The molecule has 0 saturated heterocycles. The Morgan fingerprint density at radius 1 is 0.905 bits per heavy atom. The minimum absolute atomic E-state index is 0.1000. The molecule has 0 unspecified atom stereocenters. The Kier molecular flexibility index (Phi) is 4.99. The lowest BCUT2D eigenvalue weighted by atomic mass is 10.0. The highest BCUT2D eigenvalue weighted by Crippen LogP contribution is 2.28. The molecule has 0 fully saturated rings. The molecule has 3 heteroatoms. The van der Waals surface area contributed by atoms with Crippen LogP contribution in [0.2, 0.25) is 0 Å². The van der Waals surface area contributed by atoms with Gasteiger partial charge in [-0.1, -0.05) is 24.3 Å². The van der Waals surface area contributed by atoms with E-state index >= 15 is 0 Å². The third-order valence-corrected chi connectivity index (χ3v) is 3.48. The van der Waals surface area contributed by atoms with Crippen LogP contribution in [0.3, 0.4) is 0 Å². The monoisotopic (exact) mass is 284 g/mol. The van der Waals surface area contributed by atoms with Crippen molar-refractivity contribution in [3.8, 4) is 11.5 Å². The number of ether oxygens (including phenoxy) is 2. The van der Waals surface area contributed by atoms with Gasteiger partial charge in [0.15, 0.2) is 17.3 Å². The number of Topliss-reactive ketones (excluding diaryl/α,β-unsaturated/α-hetero) is 1. The average Bonchev–Trinajstić information content (AvgIpc) is 2.52. The van der Waals surface area contributed by atoms with Crippen LogP contribution in [0, 0.1) is 0 Å². The van der Waals surface area contributed by atoms with Crippen molar-refractivity contribution >= 4 is 5.78 Å². The van der Waals surface area contributed by atoms with Gasteiger partial charge in [-0.2, -0.15) is 0 Å². The molecule has 2 aromatic rings. The van der Waals surface area contributed by atoms with Crippen molar-refractivity contribution in [2.75, 3.05) is 14.2 Å². The lowest BCUT2D eigenvalue weighted by Gasteiger charge is -2.10. The molecule has 2 aromatic carbocycles. The molecule has 0 aromatic heterocycles. The summed E-state index contributed by atoms with van der Waals surface area (Å²) in [6.07, 6.45) is 1.78. The maximum absolute atomic E-state index is 11.4. The predicted octanol–water partition coefficient (Wildman–Crippen LogP) is 3.69. The molecule has 0 saturated carbocycles. The number of ketones is 1.